The molecule has 2 unspecified atom stereocenters. The van der Waals surface area contributed by atoms with Crippen molar-refractivity contribution in [3.8, 4) is 0 Å². The van der Waals surface area contributed by atoms with E-state index in [2.05, 4.69) is 0 Å². The van der Waals surface area contributed by atoms with Crippen molar-refractivity contribution >= 4 is 10.8 Å². The van der Waals surface area contributed by atoms with Gasteiger partial charge >= 0.3 is 0 Å². The molecule has 11 heavy (non-hydrogen) atoms. The van der Waals surface area contributed by atoms with Gasteiger partial charge in [0.05, 0.1) is 11.9 Å². The van der Waals surface area contributed by atoms with Crippen LogP contribution in [0, 0.1) is 0 Å². The van der Waals surface area contributed by atoms with Crippen LogP contribution >= 0.6 is 0 Å². The van der Waals surface area contributed by atoms with E-state index in [1.54, 1.807) is 0 Å². The van der Waals surface area contributed by atoms with Crippen molar-refractivity contribution in [2.75, 3.05) is 5.75 Å². The molecule has 2 nitrogen and oxygen atoms in total. The molecule has 0 bridgehead atoms. The highest BCUT2D eigenvalue weighted by molar-refractivity contribution is 7.86. The maximum Gasteiger partial charge on any atom is 0.0653 e. The van der Waals surface area contributed by atoms with Crippen molar-refractivity contribution in [1.82, 2.24) is 0 Å². The number of aliphatic hydroxyl groups excluding tert-OH is 1. The number of hydrogen-bond donors (Lipinski definition) is 1. The molecule has 0 aliphatic heterocycles. The van der Waals surface area contributed by atoms with Crippen molar-refractivity contribution in [3.05, 3.63) is 0 Å². The third kappa shape index (κ3) is 4.53. The Bertz CT molecular complexity index is 138. The monoisotopic (exact) mass is 178 g/mol. The first-order valence-electron chi connectivity index (χ1n) is 3.94. The fourth-order valence-electron chi connectivity index (χ4n) is 0.543. The van der Waals surface area contributed by atoms with Crippen LogP contribution in [0.2, 0.25) is 0 Å². The SMILES string of the molecule is CCC(O)CS(=O)C(C)(C)C. The van der Waals surface area contributed by atoms with Crippen LogP contribution in [-0.4, -0.2) is 25.9 Å². The van der Waals surface area contributed by atoms with E-state index in [-0.39, 0.29) is 4.75 Å². The molecule has 0 amide bonds. The van der Waals surface area contributed by atoms with Gasteiger partial charge in [-0.1, -0.05) is 6.92 Å². The van der Waals surface area contributed by atoms with Crippen molar-refractivity contribution in [1.29, 1.82) is 0 Å². The van der Waals surface area contributed by atoms with E-state index in [0.717, 1.165) is 0 Å². The van der Waals surface area contributed by atoms with Crippen LogP contribution in [0.25, 0.3) is 0 Å². The highest BCUT2D eigenvalue weighted by atomic mass is 32.2. The Morgan fingerprint density at radius 1 is 1.45 bits per heavy atom. The summed E-state index contributed by atoms with van der Waals surface area (Å²) in [7, 11) is -0.917. The summed E-state index contributed by atoms with van der Waals surface area (Å²) in [6.07, 6.45) is 0.275. The first kappa shape index (κ1) is 11.1. The van der Waals surface area contributed by atoms with Gasteiger partial charge in [0, 0.05) is 15.5 Å². The van der Waals surface area contributed by atoms with Gasteiger partial charge < -0.3 is 5.11 Å². The van der Waals surface area contributed by atoms with E-state index < -0.39 is 16.9 Å². The van der Waals surface area contributed by atoms with Crippen LogP contribution in [0.4, 0.5) is 0 Å². The minimum atomic E-state index is -0.917. The van der Waals surface area contributed by atoms with Crippen molar-refractivity contribution in [3.63, 3.8) is 0 Å². The summed E-state index contributed by atoms with van der Waals surface area (Å²) in [5, 5.41) is 9.20. The minimum Gasteiger partial charge on any atom is -0.392 e. The van der Waals surface area contributed by atoms with Gasteiger partial charge in [-0.15, -0.1) is 0 Å². The third-order valence-corrected chi connectivity index (χ3v) is 3.55. The van der Waals surface area contributed by atoms with Crippen molar-refractivity contribution in [2.24, 2.45) is 0 Å². The molecule has 0 aromatic heterocycles. The zero-order valence-electron chi connectivity index (χ0n) is 7.76. The summed E-state index contributed by atoms with van der Waals surface area (Å²) in [6.45, 7) is 7.66. The van der Waals surface area contributed by atoms with Crippen LogP contribution in [0.3, 0.4) is 0 Å². The Hall–Kier alpha value is 0.110. The standard InChI is InChI=1S/C8H18O2S/c1-5-7(9)6-11(10)8(2,3)4/h7,9H,5-6H2,1-4H3. The van der Waals surface area contributed by atoms with E-state index >= 15 is 0 Å². The second kappa shape index (κ2) is 4.21. The number of rotatable bonds is 3. The van der Waals surface area contributed by atoms with Crippen molar-refractivity contribution < 1.29 is 9.32 Å². The van der Waals surface area contributed by atoms with Crippen LogP contribution in [0.5, 0.6) is 0 Å². The molecule has 0 aliphatic carbocycles. The van der Waals surface area contributed by atoms with Gasteiger partial charge in [-0.25, -0.2) is 0 Å². The van der Waals surface area contributed by atoms with E-state index in [0.29, 0.717) is 12.2 Å². The molecule has 0 saturated carbocycles. The van der Waals surface area contributed by atoms with Gasteiger partial charge in [-0.3, -0.25) is 4.21 Å². The third-order valence-electron chi connectivity index (χ3n) is 1.50. The molecule has 1 N–H and O–H groups in total. The van der Waals surface area contributed by atoms with Gasteiger partial charge in [-0.2, -0.15) is 0 Å². The first-order valence-corrected chi connectivity index (χ1v) is 5.26. The minimum absolute atomic E-state index is 0.198. The molecule has 3 heteroatoms. The number of aliphatic hydroxyl groups is 1. The first-order chi connectivity index (χ1) is 4.88. The maximum absolute atomic E-state index is 11.4. The van der Waals surface area contributed by atoms with Crippen LogP contribution in [0.15, 0.2) is 0 Å². The predicted molar refractivity (Wildman–Crippen MR) is 49.1 cm³/mol. The smallest absolute Gasteiger partial charge is 0.0653 e. The van der Waals surface area contributed by atoms with Crippen molar-refractivity contribution in [2.45, 2.75) is 45.0 Å². The van der Waals surface area contributed by atoms with Gasteiger partial charge in [0.15, 0.2) is 0 Å². The molecular formula is C8H18O2S. The summed E-state index contributed by atoms with van der Waals surface area (Å²) >= 11 is 0. The molecule has 0 aromatic rings. The highest BCUT2D eigenvalue weighted by Crippen LogP contribution is 2.12. The average Bonchev–Trinajstić information content (AvgIpc) is 1.85. The van der Waals surface area contributed by atoms with E-state index in [1.807, 2.05) is 27.7 Å². The van der Waals surface area contributed by atoms with Gasteiger partial charge in [0.2, 0.25) is 0 Å². The van der Waals surface area contributed by atoms with Crippen LogP contribution < -0.4 is 0 Å². The average molecular weight is 178 g/mol. The maximum atomic E-state index is 11.4. The lowest BCUT2D eigenvalue weighted by molar-refractivity contribution is 0.194. The zero-order valence-corrected chi connectivity index (χ0v) is 8.57. The Morgan fingerprint density at radius 2 is 1.91 bits per heavy atom. The van der Waals surface area contributed by atoms with Crippen LogP contribution in [-0.2, 0) is 10.8 Å². The zero-order chi connectivity index (χ0) is 9.07. The lowest BCUT2D eigenvalue weighted by Crippen LogP contribution is -2.29. The largest absolute Gasteiger partial charge is 0.392 e. The van der Waals surface area contributed by atoms with E-state index in [9.17, 15) is 9.32 Å². The normalized spacial score (nSPS) is 17.9. The van der Waals surface area contributed by atoms with E-state index in [4.69, 9.17) is 0 Å². The summed E-state index contributed by atoms with van der Waals surface area (Å²) in [4.78, 5) is 0. The highest BCUT2D eigenvalue weighted by Gasteiger charge is 2.21. The molecule has 0 aromatic carbocycles. The molecule has 0 radical (unpaired) electrons. The van der Waals surface area contributed by atoms with Gasteiger partial charge in [0.1, 0.15) is 0 Å². The molecule has 0 heterocycles. The van der Waals surface area contributed by atoms with Crippen LogP contribution in [0.1, 0.15) is 34.1 Å². The Labute approximate surface area is 71.5 Å². The second-order valence-electron chi connectivity index (χ2n) is 3.69. The van der Waals surface area contributed by atoms with Gasteiger partial charge in [-0.05, 0) is 27.2 Å². The predicted octanol–water partition coefficient (Wildman–Crippen LogP) is 1.30. The topological polar surface area (TPSA) is 37.3 Å². The molecular weight excluding hydrogens is 160 g/mol. The summed E-state index contributed by atoms with van der Waals surface area (Å²) in [6, 6.07) is 0. The molecule has 0 saturated heterocycles. The van der Waals surface area contributed by atoms with Gasteiger partial charge in [0.25, 0.3) is 0 Å². The fourth-order valence-corrected chi connectivity index (χ4v) is 1.63. The lowest BCUT2D eigenvalue weighted by Gasteiger charge is -2.19. The molecule has 0 aliphatic rings. The molecule has 0 spiro atoms. The molecule has 68 valence electrons. The lowest BCUT2D eigenvalue weighted by atomic mass is 10.3. The molecule has 0 fully saturated rings. The summed E-state index contributed by atoms with van der Waals surface area (Å²) < 4.78 is 11.2. The summed E-state index contributed by atoms with van der Waals surface area (Å²) in [5.41, 5.74) is 0. The fraction of sp³-hybridized carbons (Fsp3) is 1.00. The molecule has 2 atom stereocenters. The Morgan fingerprint density at radius 3 is 2.18 bits per heavy atom. The second-order valence-corrected chi connectivity index (χ2v) is 5.94. The summed E-state index contributed by atoms with van der Waals surface area (Å²) in [5.74, 6) is 0.403. The van der Waals surface area contributed by atoms with E-state index in [1.165, 1.54) is 0 Å². The number of hydrogen-bond acceptors (Lipinski definition) is 2. The Balaban J connectivity index is 3.88. The molecule has 0 rings (SSSR count). The quantitative estimate of drug-likeness (QED) is 0.707. The Kier molecular flexibility index (Phi) is 4.26.